The Morgan fingerprint density at radius 3 is 2.80 bits per heavy atom. The predicted octanol–water partition coefficient (Wildman–Crippen LogP) is 2.88. The van der Waals surface area contributed by atoms with Crippen LogP contribution >= 0.6 is 15.9 Å². The molecular weight excluding hydrogens is 320 g/mol. The van der Waals surface area contributed by atoms with Gasteiger partial charge in [-0.25, -0.2) is 0 Å². The number of Topliss-reactive ketones (excluding diaryl/α,β-unsaturated/α-hetero) is 1. The van der Waals surface area contributed by atoms with E-state index in [-0.39, 0.29) is 0 Å². The van der Waals surface area contributed by atoms with E-state index in [4.69, 9.17) is 0 Å². The molecule has 0 atom stereocenters. The van der Waals surface area contributed by atoms with E-state index in [1.54, 1.807) is 24.4 Å². The molecule has 5 heteroatoms. The van der Waals surface area contributed by atoms with Gasteiger partial charge in [0.25, 0.3) is 11.7 Å². The number of anilines is 1. The zero-order valence-electron chi connectivity index (χ0n) is 10.8. The van der Waals surface area contributed by atoms with E-state index in [0.29, 0.717) is 17.8 Å². The van der Waals surface area contributed by atoms with Crippen LogP contribution in [-0.4, -0.2) is 16.7 Å². The zero-order valence-corrected chi connectivity index (χ0v) is 12.3. The molecule has 1 aliphatic heterocycles. The lowest BCUT2D eigenvalue weighted by Gasteiger charge is -2.17. The first-order chi connectivity index (χ1) is 9.58. The van der Waals surface area contributed by atoms with Crippen molar-refractivity contribution in [3.63, 3.8) is 0 Å². The molecule has 1 aromatic carbocycles. The van der Waals surface area contributed by atoms with Gasteiger partial charge in [0, 0.05) is 10.7 Å². The quantitative estimate of drug-likeness (QED) is 0.795. The summed E-state index contributed by atoms with van der Waals surface area (Å²) >= 11 is 3.37. The van der Waals surface area contributed by atoms with Crippen molar-refractivity contribution >= 4 is 33.3 Å². The Morgan fingerprint density at radius 1 is 1.25 bits per heavy atom. The molecule has 3 rings (SSSR count). The maximum absolute atomic E-state index is 12.1. The first-order valence-corrected chi connectivity index (χ1v) is 6.93. The third-order valence-corrected chi connectivity index (χ3v) is 3.85. The number of carbonyl (C=O) groups excluding carboxylic acids is 2. The van der Waals surface area contributed by atoms with Gasteiger partial charge in [-0.3, -0.25) is 19.5 Å². The van der Waals surface area contributed by atoms with Gasteiger partial charge in [0.15, 0.2) is 0 Å². The van der Waals surface area contributed by atoms with Gasteiger partial charge in [0.1, 0.15) is 0 Å². The molecule has 0 N–H and O–H groups in total. The van der Waals surface area contributed by atoms with Crippen molar-refractivity contribution in [2.45, 2.75) is 13.5 Å². The van der Waals surface area contributed by atoms with Crippen LogP contribution in [0.2, 0.25) is 0 Å². The summed E-state index contributed by atoms with van der Waals surface area (Å²) in [5.41, 5.74) is 2.88. The third kappa shape index (κ3) is 2.04. The molecule has 1 aromatic heterocycles. The number of ketones is 1. The molecule has 1 amide bonds. The molecule has 0 spiro atoms. The van der Waals surface area contributed by atoms with Gasteiger partial charge < -0.3 is 0 Å². The van der Waals surface area contributed by atoms with Gasteiger partial charge >= 0.3 is 0 Å². The summed E-state index contributed by atoms with van der Waals surface area (Å²) in [5.74, 6) is -0.954. The van der Waals surface area contributed by atoms with Crippen LogP contribution in [0.3, 0.4) is 0 Å². The number of fused-ring (bicyclic) bond motifs is 1. The van der Waals surface area contributed by atoms with Gasteiger partial charge in [-0.2, -0.15) is 0 Å². The summed E-state index contributed by atoms with van der Waals surface area (Å²) in [5, 5.41) is 0. The number of aromatic nitrogens is 1. The summed E-state index contributed by atoms with van der Waals surface area (Å²) in [6.45, 7) is 2.24. The number of hydrogen-bond acceptors (Lipinski definition) is 3. The highest BCUT2D eigenvalue weighted by atomic mass is 79.9. The molecule has 0 radical (unpaired) electrons. The Balaban J connectivity index is 2.03. The van der Waals surface area contributed by atoms with E-state index >= 15 is 0 Å². The predicted molar refractivity (Wildman–Crippen MR) is 78.6 cm³/mol. The van der Waals surface area contributed by atoms with Crippen molar-refractivity contribution in [1.29, 1.82) is 0 Å². The van der Waals surface area contributed by atoms with Gasteiger partial charge in [0.05, 0.1) is 23.5 Å². The fourth-order valence-corrected chi connectivity index (χ4v) is 2.61. The van der Waals surface area contributed by atoms with Gasteiger partial charge in [-0.15, -0.1) is 0 Å². The monoisotopic (exact) mass is 330 g/mol. The fraction of sp³-hybridized carbons (Fsp3) is 0.133. The van der Waals surface area contributed by atoms with E-state index in [9.17, 15) is 9.59 Å². The first kappa shape index (κ1) is 13.0. The van der Waals surface area contributed by atoms with Crippen LogP contribution in [0.25, 0.3) is 0 Å². The molecule has 20 heavy (non-hydrogen) atoms. The number of hydrogen-bond donors (Lipinski definition) is 0. The molecule has 0 saturated heterocycles. The number of benzene rings is 1. The number of nitrogens with zero attached hydrogens (tertiary/aromatic N) is 2. The van der Waals surface area contributed by atoms with Crippen LogP contribution < -0.4 is 4.90 Å². The van der Waals surface area contributed by atoms with Crippen LogP contribution in [0.4, 0.5) is 5.69 Å². The molecule has 100 valence electrons. The number of rotatable bonds is 2. The molecule has 2 heterocycles. The second kappa shape index (κ2) is 4.83. The molecule has 0 saturated carbocycles. The maximum atomic E-state index is 12.1. The normalized spacial score (nSPS) is 13.8. The highest BCUT2D eigenvalue weighted by Crippen LogP contribution is 2.32. The van der Waals surface area contributed by atoms with E-state index in [1.165, 1.54) is 4.90 Å². The van der Waals surface area contributed by atoms with E-state index in [1.807, 2.05) is 19.1 Å². The topological polar surface area (TPSA) is 50.3 Å². The number of pyridine rings is 1. The Morgan fingerprint density at radius 2 is 2.05 bits per heavy atom. The fourth-order valence-electron chi connectivity index (χ4n) is 2.26. The van der Waals surface area contributed by atoms with E-state index in [2.05, 4.69) is 20.9 Å². The number of amides is 1. The third-order valence-electron chi connectivity index (χ3n) is 3.36. The lowest BCUT2D eigenvalue weighted by molar-refractivity contribution is -0.114. The summed E-state index contributed by atoms with van der Waals surface area (Å²) in [4.78, 5) is 29.9. The summed E-state index contributed by atoms with van der Waals surface area (Å²) in [6, 6.07) is 9.01. The molecular formula is C15H11BrN2O2. The van der Waals surface area contributed by atoms with Crippen LogP contribution in [0, 0.1) is 6.92 Å². The highest BCUT2D eigenvalue weighted by molar-refractivity contribution is 9.10. The Hall–Kier alpha value is -2.01. The minimum Gasteiger partial charge on any atom is -0.299 e. The van der Waals surface area contributed by atoms with Crippen LogP contribution in [0.15, 0.2) is 41.0 Å². The van der Waals surface area contributed by atoms with E-state index in [0.717, 1.165) is 15.7 Å². The highest BCUT2D eigenvalue weighted by Gasteiger charge is 2.36. The summed E-state index contributed by atoms with van der Waals surface area (Å²) < 4.78 is 0.835. The van der Waals surface area contributed by atoms with Crippen LogP contribution in [-0.2, 0) is 11.3 Å². The lowest BCUT2D eigenvalue weighted by Crippen LogP contribution is -2.29. The smallest absolute Gasteiger partial charge is 0.299 e. The van der Waals surface area contributed by atoms with Gasteiger partial charge in [0.2, 0.25) is 0 Å². The largest absolute Gasteiger partial charge is 0.299 e. The number of carbonyl (C=O) groups is 2. The Labute approximate surface area is 124 Å². The lowest BCUT2D eigenvalue weighted by atomic mass is 10.1. The molecule has 2 aromatic rings. The minimum absolute atomic E-state index is 0.306. The van der Waals surface area contributed by atoms with Crippen LogP contribution in [0.1, 0.15) is 21.6 Å². The minimum atomic E-state index is -0.497. The van der Waals surface area contributed by atoms with Crippen molar-refractivity contribution < 1.29 is 9.59 Å². The number of halogens is 1. The standard InChI is InChI=1S/C15H11BrN2O2/c1-9-3-2-6-17-12(9)8-18-13-7-10(16)4-5-11(13)14(19)15(18)20/h2-7H,8H2,1H3. The van der Waals surface area contributed by atoms with Crippen molar-refractivity contribution in [1.82, 2.24) is 4.98 Å². The van der Waals surface area contributed by atoms with Gasteiger partial charge in [-0.1, -0.05) is 22.0 Å². The summed E-state index contributed by atoms with van der Waals surface area (Å²) in [7, 11) is 0. The average Bonchev–Trinajstić information content (AvgIpc) is 2.66. The first-order valence-electron chi connectivity index (χ1n) is 6.14. The number of aryl methyl sites for hydroxylation is 1. The van der Waals surface area contributed by atoms with Crippen molar-refractivity contribution in [3.8, 4) is 0 Å². The molecule has 0 unspecified atom stereocenters. The van der Waals surface area contributed by atoms with E-state index < -0.39 is 11.7 Å². The SMILES string of the molecule is Cc1cccnc1CN1C(=O)C(=O)c2ccc(Br)cc21. The van der Waals surface area contributed by atoms with Crippen molar-refractivity contribution in [2.75, 3.05) is 4.90 Å². The van der Waals surface area contributed by atoms with Crippen molar-refractivity contribution in [3.05, 3.63) is 57.8 Å². The zero-order chi connectivity index (χ0) is 14.3. The Kier molecular flexibility index (Phi) is 3.14. The molecule has 4 nitrogen and oxygen atoms in total. The molecule has 0 bridgehead atoms. The molecule has 1 aliphatic rings. The van der Waals surface area contributed by atoms with Gasteiger partial charge in [-0.05, 0) is 36.8 Å². The molecule has 0 fully saturated rings. The average molecular weight is 331 g/mol. The van der Waals surface area contributed by atoms with Crippen molar-refractivity contribution in [2.24, 2.45) is 0 Å². The summed E-state index contributed by atoms with van der Waals surface area (Å²) in [6.07, 6.45) is 1.69. The molecule has 0 aliphatic carbocycles. The van der Waals surface area contributed by atoms with Crippen LogP contribution in [0.5, 0.6) is 0 Å². The maximum Gasteiger partial charge on any atom is 0.299 e. The second-order valence-corrected chi connectivity index (χ2v) is 5.56. The Bertz CT molecular complexity index is 728. The second-order valence-electron chi connectivity index (χ2n) is 4.65.